The molecule has 0 radical (unpaired) electrons. The first-order chi connectivity index (χ1) is 20.0. The molecule has 242 valence electrons. The van der Waals surface area contributed by atoms with E-state index in [-0.39, 0.29) is 80.6 Å². The molecule has 0 heterocycles. The molecule has 2 atom stereocenters. The Morgan fingerprint density at radius 2 is 1.32 bits per heavy atom. The van der Waals surface area contributed by atoms with Gasteiger partial charge in [0.2, 0.25) is 11.8 Å². The van der Waals surface area contributed by atoms with Crippen LogP contribution in [0.3, 0.4) is 0 Å². The molecule has 44 heavy (non-hydrogen) atoms. The first-order valence-corrected chi connectivity index (χ1v) is 13.0. The van der Waals surface area contributed by atoms with Crippen molar-refractivity contribution in [2.45, 2.75) is 44.4 Å². The number of rotatable bonds is 16. The summed E-state index contributed by atoms with van der Waals surface area (Å²) in [6.45, 7) is 0.390. The Kier molecular flexibility index (Phi) is 18.7. The van der Waals surface area contributed by atoms with Crippen molar-refractivity contribution in [1.29, 1.82) is 0 Å². The maximum atomic E-state index is 13.3. The number of nitrogens with two attached hydrogens (primary N) is 4. The number of amides is 3. The van der Waals surface area contributed by atoms with Gasteiger partial charge in [0.1, 0.15) is 18.7 Å². The highest BCUT2D eigenvalue weighted by Gasteiger charge is 2.27. The van der Waals surface area contributed by atoms with Gasteiger partial charge in [-0.05, 0) is 43.4 Å². The van der Waals surface area contributed by atoms with Crippen molar-refractivity contribution in [1.82, 2.24) is 10.6 Å². The van der Waals surface area contributed by atoms with Crippen molar-refractivity contribution in [3.8, 4) is 0 Å². The summed E-state index contributed by atoms with van der Waals surface area (Å²) in [4.78, 5) is 57.1. The minimum absolute atomic E-state index is 0. The molecule has 2 aromatic carbocycles. The summed E-state index contributed by atoms with van der Waals surface area (Å²) >= 11 is 0. The maximum absolute atomic E-state index is 13.3. The Morgan fingerprint density at radius 3 is 1.82 bits per heavy atom. The van der Waals surface area contributed by atoms with Crippen LogP contribution >= 0.6 is 24.8 Å². The molecule has 0 fully saturated rings. The number of nitro benzene ring substituents is 1. The summed E-state index contributed by atoms with van der Waals surface area (Å²) in [6.07, 6.45) is 0.103. The minimum atomic E-state index is -1.09. The van der Waals surface area contributed by atoms with Crippen LogP contribution in [0.15, 0.2) is 64.6 Å². The van der Waals surface area contributed by atoms with Crippen molar-refractivity contribution < 1.29 is 24.0 Å². The van der Waals surface area contributed by atoms with Crippen molar-refractivity contribution >= 4 is 66.0 Å². The van der Waals surface area contributed by atoms with E-state index in [9.17, 15) is 24.5 Å². The predicted molar refractivity (Wildman–Crippen MR) is 172 cm³/mol. The normalized spacial score (nSPS) is 11.2. The fraction of sp³-hybridized carbons (Fsp3) is 0.346. The van der Waals surface area contributed by atoms with Crippen LogP contribution in [0, 0.1) is 10.1 Å². The molecule has 0 aromatic heterocycles. The molecule has 0 saturated carbocycles. The molecule has 0 aliphatic carbocycles. The Balaban J connectivity index is 0.00000924. The van der Waals surface area contributed by atoms with Gasteiger partial charge in [0.25, 0.3) is 5.69 Å². The zero-order valence-electron chi connectivity index (χ0n) is 23.7. The zero-order chi connectivity index (χ0) is 30.9. The zero-order valence-corrected chi connectivity index (χ0v) is 25.4. The molecule has 0 aliphatic heterocycles. The van der Waals surface area contributed by atoms with Crippen LogP contribution in [-0.4, -0.2) is 59.9 Å². The third-order valence-corrected chi connectivity index (χ3v) is 5.69. The van der Waals surface area contributed by atoms with Gasteiger partial charge in [-0.3, -0.25) is 29.7 Å². The standard InChI is InChI=1S/C26H36N10O6.2ClH/c27-24(28)31-14-4-8-20(22(37)33-18-10-12-19(13-11-18)36(40)41)34-23(38)21(9-5-15-32-25(29)30)35-26(39)42-16-17-6-2-1-3-7-17;;/h1-3,6-7,10-13,20-21H,4-5,8-9,14-16H2,(H,33,37)(H,34,38)(H,35,39)(H4,27,28,31)(H4,29,30,32);2*1H. The Bertz CT molecular complexity index is 1260. The number of carbonyl (C=O) groups excluding carboxylic acids is 3. The molecule has 16 nitrogen and oxygen atoms in total. The molecule has 0 spiro atoms. The van der Waals surface area contributed by atoms with Crippen molar-refractivity contribution in [3.05, 3.63) is 70.3 Å². The lowest BCUT2D eigenvalue weighted by molar-refractivity contribution is -0.384. The molecule has 2 rings (SSSR count). The number of anilines is 1. The highest BCUT2D eigenvalue weighted by atomic mass is 35.5. The fourth-order valence-corrected chi connectivity index (χ4v) is 3.62. The number of hydrogen-bond acceptors (Lipinski definition) is 8. The first-order valence-electron chi connectivity index (χ1n) is 13.0. The summed E-state index contributed by atoms with van der Waals surface area (Å²) in [5.41, 5.74) is 22.3. The Morgan fingerprint density at radius 1 is 0.795 bits per heavy atom. The minimum Gasteiger partial charge on any atom is -0.445 e. The lowest BCUT2D eigenvalue weighted by atomic mass is 10.1. The van der Waals surface area contributed by atoms with Gasteiger partial charge in [-0.1, -0.05) is 30.3 Å². The number of hydrogen-bond donors (Lipinski definition) is 7. The number of alkyl carbamates (subject to hydrolysis) is 1. The van der Waals surface area contributed by atoms with Crippen LogP contribution in [0.1, 0.15) is 31.2 Å². The van der Waals surface area contributed by atoms with Gasteiger partial charge in [0.05, 0.1) is 4.92 Å². The third kappa shape index (κ3) is 15.4. The van der Waals surface area contributed by atoms with Crippen LogP contribution < -0.4 is 38.9 Å². The Hall–Kier alpha value is -4.83. The van der Waals surface area contributed by atoms with E-state index in [0.29, 0.717) is 12.8 Å². The van der Waals surface area contributed by atoms with Crippen LogP contribution in [0.5, 0.6) is 0 Å². The van der Waals surface area contributed by atoms with Crippen LogP contribution in [0.2, 0.25) is 0 Å². The van der Waals surface area contributed by atoms with Gasteiger partial charge in [-0.15, -0.1) is 24.8 Å². The van der Waals surface area contributed by atoms with E-state index in [4.69, 9.17) is 27.7 Å². The van der Waals surface area contributed by atoms with Crippen LogP contribution in [0.25, 0.3) is 0 Å². The molecule has 2 unspecified atom stereocenters. The van der Waals surface area contributed by atoms with E-state index in [1.165, 1.54) is 24.3 Å². The number of benzene rings is 2. The van der Waals surface area contributed by atoms with E-state index in [0.717, 1.165) is 5.56 Å². The number of carbonyl (C=O) groups is 3. The number of halogens is 2. The Labute approximate surface area is 266 Å². The van der Waals surface area contributed by atoms with E-state index < -0.39 is 34.9 Å². The molecule has 0 saturated heterocycles. The van der Waals surface area contributed by atoms with Gasteiger partial charge >= 0.3 is 6.09 Å². The predicted octanol–water partition coefficient (Wildman–Crippen LogP) is 1.26. The smallest absolute Gasteiger partial charge is 0.408 e. The molecule has 0 aliphatic rings. The second-order valence-electron chi connectivity index (χ2n) is 9.01. The lowest BCUT2D eigenvalue weighted by Gasteiger charge is -2.23. The van der Waals surface area contributed by atoms with Gasteiger partial charge in [0, 0.05) is 30.9 Å². The van der Waals surface area contributed by atoms with E-state index in [1.807, 2.05) is 6.07 Å². The van der Waals surface area contributed by atoms with Gasteiger partial charge in [-0.25, -0.2) is 4.79 Å². The largest absolute Gasteiger partial charge is 0.445 e. The van der Waals surface area contributed by atoms with Crippen molar-refractivity contribution in [3.63, 3.8) is 0 Å². The molecule has 18 heteroatoms. The SMILES string of the molecule is Cl.Cl.NC(N)=NCCCC(NC(=O)OCc1ccccc1)C(=O)NC(CCCN=C(N)N)C(=O)Nc1ccc([N+](=O)[O-])cc1. The fourth-order valence-electron chi connectivity index (χ4n) is 3.62. The van der Waals surface area contributed by atoms with E-state index in [2.05, 4.69) is 25.9 Å². The maximum Gasteiger partial charge on any atom is 0.408 e. The van der Waals surface area contributed by atoms with Gasteiger partial charge in [-0.2, -0.15) is 0 Å². The average Bonchev–Trinajstić information content (AvgIpc) is 2.95. The summed E-state index contributed by atoms with van der Waals surface area (Å²) in [7, 11) is 0. The highest BCUT2D eigenvalue weighted by molar-refractivity contribution is 5.98. The highest BCUT2D eigenvalue weighted by Crippen LogP contribution is 2.16. The molecule has 3 amide bonds. The number of non-ortho nitro benzene ring substituents is 1. The topological polar surface area (TPSA) is 268 Å². The quantitative estimate of drug-likeness (QED) is 0.0446. The van der Waals surface area contributed by atoms with E-state index in [1.54, 1.807) is 24.3 Å². The van der Waals surface area contributed by atoms with Gasteiger partial charge in [0.15, 0.2) is 11.9 Å². The third-order valence-electron chi connectivity index (χ3n) is 5.69. The first kappa shape index (κ1) is 39.2. The van der Waals surface area contributed by atoms with Crippen LogP contribution in [-0.2, 0) is 20.9 Å². The summed E-state index contributed by atoms with van der Waals surface area (Å²) in [6, 6.07) is 12.0. The summed E-state index contributed by atoms with van der Waals surface area (Å²) in [5, 5.41) is 18.7. The number of nitrogens with zero attached hydrogens (tertiary/aromatic N) is 3. The average molecular weight is 658 g/mol. The molecular weight excluding hydrogens is 619 g/mol. The van der Waals surface area contributed by atoms with E-state index >= 15 is 0 Å². The number of nitro groups is 1. The second kappa shape index (κ2) is 21.0. The number of nitrogens with one attached hydrogen (secondary N) is 3. The van der Waals surface area contributed by atoms with Crippen molar-refractivity contribution in [2.75, 3.05) is 18.4 Å². The molecule has 2 aromatic rings. The molecular formula is C26H38Cl2N10O6. The summed E-state index contributed by atoms with van der Waals surface area (Å²) < 4.78 is 5.25. The molecule has 0 bridgehead atoms. The van der Waals surface area contributed by atoms with Crippen LogP contribution in [0.4, 0.5) is 16.2 Å². The lowest BCUT2D eigenvalue weighted by Crippen LogP contribution is -2.52. The summed E-state index contributed by atoms with van der Waals surface area (Å²) in [5.74, 6) is -1.48. The number of ether oxygens (including phenoxy) is 1. The second-order valence-corrected chi connectivity index (χ2v) is 9.01. The number of aliphatic imine (C=N–C) groups is 2. The number of guanidine groups is 2. The molecule has 11 N–H and O–H groups in total. The van der Waals surface area contributed by atoms with Gasteiger partial charge < -0.3 is 43.6 Å². The van der Waals surface area contributed by atoms with Crippen molar-refractivity contribution in [2.24, 2.45) is 32.9 Å². The monoisotopic (exact) mass is 656 g/mol.